The number of aromatic nitrogens is 2. The Morgan fingerprint density at radius 3 is 0.759 bits per heavy atom. The summed E-state index contributed by atoms with van der Waals surface area (Å²) in [7, 11) is 0. The molecule has 0 spiro atoms. The van der Waals surface area contributed by atoms with Crippen LogP contribution in [0.1, 0.15) is 11.1 Å². The van der Waals surface area contributed by atoms with Crippen molar-refractivity contribution in [2.45, 2.75) is 13.8 Å². The van der Waals surface area contributed by atoms with E-state index in [0.29, 0.717) is 0 Å². The molecule has 0 aliphatic rings. The molecule has 0 saturated heterocycles. The van der Waals surface area contributed by atoms with Crippen molar-refractivity contribution in [3.05, 3.63) is 217 Å². The minimum absolute atomic E-state index is 1.18. The fourth-order valence-corrected chi connectivity index (χ4v) is 9.12. The van der Waals surface area contributed by atoms with E-state index in [1.807, 2.05) is 0 Å². The minimum Gasteiger partial charge on any atom is -0.309 e. The van der Waals surface area contributed by atoms with Gasteiger partial charge in [-0.3, -0.25) is 0 Å². The van der Waals surface area contributed by atoms with Gasteiger partial charge >= 0.3 is 0 Å². The van der Waals surface area contributed by atoms with Crippen molar-refractivity contribution in [3.8, 4) is 55.9 Å². The number of rotatable bonds is 6. The van der Waals surface area contributed by atoms with Crippen molar-refractivity contribution >= 4 is 43.6 Å². The standard InChI is InChI=1S/C56H40N2/c1-37-31-38(2)56(58-53-29-25-45(41-19-11-5-12-20-41)34-49(53)50-35-46(26-30-54(50)58)42-21-13-6-14-22-42)36-55(37)57-51-27-23-43(39-15-7-3-8-16-39)32-47(51)48-33-44(24-28-52(48)57)40-17-9-4-10-18-40/h3-36H,1-2H3. The lowest BCUT2D eigenvalue weighted by Gasteiger charge is -2.18. The lowest BCUT2D eigenvalue weighted by Crippen LogP contribution is -2.03. The number of nitrogens with zero attached hydrogens (tertiary/aromatic N) is 2. The van der Waals surface area contributed by atoms with Crippen molar-refractivity contribution in [2.75, 3.05) is 0 Å². The van der Waals surface area contributed by atoms with Gasteiger partial charge in [0.2, 0.25) is 0 Å². The van der Waals surface area contributed by atoms with Crippen LogP contribution in [0.4, 0.5) is 0 Å². The summed E-state index contributed by atoms with van der Waals surface area (Å²) in [5.41, 5.74) is 19.3. The molecule has 2 nitrogen and oxygen atoms in total. The lowest BCUT2D eigenvalue weighted by molar-refractivity contribution is 1.09. The lowest BCUT2D eigenvalue weighted by atomic mass is 10.0. The van der Waals surface area contributed by atoms with Gasteiger partial charge in [-0.1, -0.05) is 152 Å². The second-order valence-electron chi connectivity index (χ2n) is 15.5. The van der Waals surface area contributed by atoms with Crippen LogP contribution in [0.3, 0.4) is 0 Å². The van der Waals surface area contributed by atoms with Crippen molar-refractivity contribution in [1.82, 2.24) is 9.13 Å². The zero-order chi connectivity index (χ0) is 38.7. The molecule has 9 aromatic carbocycles. The number of hydrogen-bond donors (Lipinski definition) is 0. The Balaban J connectivity index is 1.17. The van der Waals surface area contributed by atoms with Gasteiger partial charge in [0.15, 0.2) is 0 Å². The summed E-state index contributed by atoms with van der Waals surface area (Å²) in [4.78, 5) is 0. The van der Waals surface area contributed by atoms with E-state index in [4.69, 9.17) is 0 Å². The predicted octanol–water partition coefficient (Wildman–Crippen LogP) is 15.2. The van der Waals surface area contributed by atoms with Crippen molar-refractivity contribution in [2.24, 2.45) is 0 Å². The molecular formula is C56H40N2. The van der Waals surface area contributed by atoms with Crippen LogP contribution in [0, 0.1) is 13.8 Å². The molecule has 0 unspecified atom stereocenters. The quantitative estimate of drug-likeness (QED) is 0.161. The first-order valence-corrected chi connectivity index (χ1v) is 20.1. The first-order valence-electron chi connectivity index (χ1n) is 20.1. The summed E-state index contributed by atoms with van der Waals surface area (Å²) in [5.74, 6) is 0. The molecule has 0 fully saturated rings. The normalized spacial score (nSPS) is 11.6. The van der Waals surface area contributed by atoms with Crippen LogP contribution >= 0.6 is 0 Å². The molecule has 11 rings (SSSR count). The summed E-state index contributed by atoms with van der Waals surface area (Å²) in [6.07, 6.45) is 0. The molecule has 274 valence electrons. The molecule has 2 aromatic heterocycles. The topological polar surface area (TPSA) is 9.86 Å². The van der Waals surface area contributed by atoms with Crippen molar-refractivity contribution in [1.29, 1.82) is 0 Å². The van der Waals surface area contributed by atoms with E-state index < -0.39 is 0 Å². The molecule has 2 heteroatoms. The Morgan fingerprint density at radius 1 is 0.241 bits per heavy atom. The fourth-order valence-electron chi connectivity index (χ4n) is 9.12. The number of aryl methyl sites for hydroxylation is 2. The molecular weight excluding hydrogens is 701 g/mol. The first kappa shape index (κ1) is 33.9. The Morgan fingerprint density at radius 2 is 0.500 bits per heavy atom. The van der Waals surface area contributed by atoms with Gasteiger partial charge in [0, 0.05) is 21.5 Å². The first-order chi connectivity index (χ1) is 28.6. The predicted molar refractivity (Wildman–Crippen MR) is 246 cm³/mol. The van der Waals surface area contributed by atoms with Crippen LogP contribution in [-0.4, -0.2) is 9.13 Å². The molecule has 2 heterocycles. The zero-order valence-corrected chi connectivity index (χ0v) is 32.5. The smallest absolute Gasteiger partial charge is 0.0541 e. The maximum absolute atomic E-state index is 2.49. The zero-order valence-electron chi connectivity index (χ0n) is 32.5. The molecule has 0 atom stereocenters. The maximum Gasteiger partial charge on any atom is 0.0541 e. The van der Waals surface area contributed by atoms with Crippen LogP contribution in [0.5, 0.6) is 0 Å². The van der Waals surface area contributed by atoms with E-state index in [-0.39, 0.29) is 0 Å². The molecule has 0 N–H and O–H groups in total. The summed E-state index contributed by atoms with van der Waals surface area (Å²) in [6, 6.07) is 75.5. The van der Waals surface area contributed by atoms with Gasteiger partial charge in [0.25, 0.3) is 0 Å². The SMILES string of the molecule is Cc1cc(C)c(-n2c3ccc(-c4ccccc4)cc3c3cc(-c4ccccc4)ccc32)cc1-n1c2ccc(-c3ccccc3)cc2c2cc(-c3ccccc3)ccc21. The molecule has 11 aromatic rings. The highest BCUT2D eigenvalue weighted by Gasteiger charge is 2.20. The van der Waals surface area contributed by atoms with Gasteiger partial charge in [-0.25, -0.2) is 0 Å². The number of fused-ring (bicyclic) bond motifs is 6. The van der Waals surface area contributed by atoms with Gasteiger partial charge in [0.05, 0.1) is 33.4 Å². The average molecular weight is 741 g/mol. The highest BCUT2D eigenvalue weighted by atomic mass is 15.0. The van der Waals surface area contributed by atoms with Crippen LogP contribution in [-0.2, 0) is 0 Å². The van der Waals surface area contributed by atoms with E-state index in [1.165, 1.54) is 111 Å². The molecule has 58 heavy (non-hydrogen) atoms. The maximum atomic E-state index is 2.49. The van der Waals surface area contributed by atoms with Crippen LogP contribution in [0.2, 0.25) is 0 Å². The summed E-state index contributed by atoms with van der Waals surface area (Å²) < 4.78 is 4.97. The van der Waals surface area contributed by atoms with Gasteiger partial charge in [-0.05, 0) is 124 Å². The third-order valence-corrected chi connectivity index (χ3v) is 12.0. The van der Waals surface area contributed by atoms with E-state index in [0.717, 1.165) is 0 Å². The molecule has 0 saturated carbocycles. The molecule has 0 aliphatic heterocycles. The highest BCUT2D eigenvalue weighted by molar-refractivity contribution is 6.13. The average Bonchev–Trinajstić information content (AvgIpc) is 3.79. The molecule has 0 radical (unpaired) electrons. The Labute approximate surface area is 338 Å². The highest BCUT2D eigenvalue weighted by Crippen LogP contribution is 2.41. The van der Waals surface area contributed by atoms with Crippen LogP contribution in [0.15, 0.2) is 206 Å². The van der Waals surface area contributed by atoms with E-state index in [2.05, 4.69) is 229 Å². The monoisotopic (exact) mass is 740 g/mol. The summed E-state index contributed by atoms with van der Waals surface area (Å²) in [6.45, 7) is 4.51. The van der Waals surface area contributed by atoms with E-state index >= 15 is 0 Å². The Hall–Kier alpha value is -7.42. The molecule has 0 amide bonds. The van der Waals surface area contributed by atoms with Gasteiger partial charge in [0.1, 0.15) is 0 Å². The fraction of sp³-hybridized carbons (Fsp3) is 0.0357. The molecule has 0 bridgehead atoms. The molecule has 0 aliphatic carbocycles. The number of hydrogen-bond acceptors (Lipinski definition) is 0. The summed E-state index contributed by atoms with van der Waals surface area (Å²) in [5, 5.41) is 4.98. The van der Waals surface area contributed by atoms with Crippen molar-refractivity contribution in [3.63, 3.8) is 0 Å². The Kier molecular flexibility index (Phi) is 7.97. The van der Waals surface area contributed by atoms with Crippen LogP contribution < -0.4 is 0 Å². The van der Waals surface area contributed by atoms with Gasteiger partial charge in [-0.2, -0.15) is 0 Å². The van der Waals surface area contributed by atoms with E-state index in [9.17, 15) is 0 Å². The third-order valence-electron chi connectivity index (χ3n) is 12.0. The number of benzene rings is 9. The van der Waals surface area contributed by atoms with Crippen molar-refractivity contribution < 1.29 is 0 Å². The Bertz CT molecular complexity index is 2900. The van der Waals surface area contributed by atoms with Crippen LogP contribution in [0.25, 0.3) is 99.5 Å². The summed E-state index contributed by atoms with van der Waals surface area (Å²) >= 11 is 0. The largest absolute Gasteiger partial charge is 0.309 e. The van der Waals surface area contributed by atoms with Gasteiger partial charge < -0.3 is 9.13 Å². The second-order valence-corrected chi connectivity index (χ2v) is 15.5. The minimum atomic E-state index is 1.18. The van der Waals surface area contributed by atoms with Gasteiger partial charge in [-0.15, -0.1) is 0 Å². The third kappa shape index (κ3) is 5.56. The van der Waals surface area contributed by atoms with E-state index in [1.54, 1.807) is 0 Å². The second kappa shape index (κ2) is 13.7.